The van der Waals surface area contributed by atoms with Gasteiger partial charge in [0.25, 0.3) is 11.5 Å². The van der Waals surface area contributed by atoms with Gasteiger partial charge in [0.1, 0.15) is 12.6 Å². The summed E-state index contributed by atoms with van der Waals surface area (Å²) in [5, 5.41) is 10.0. The number of hydrogen-bond donors (Lipinski definition) is 1. The Morgan fingerprint density at radius 3 is 3.05 bits per heavy atom. The molecule has 2 rings (SSSR count). The molecule has 0 aliphatic heterocycles. The van der Waals surface area contributed by atoms with E-state index < -0.39 is 0 Å². The van der Waals surface area contributed by atoms with Crippen molar-refractivity contribution >= 4 is 11.9 Å². The number of pyridine rings is 1. The Labute approximate surface area is 116 Å². The Hall–Kier alpha value is -2.69. The quantitative estimate of drug-likeness (QED) is 0.519. The van der Waals surface area contributed by atoms with Crippen molar-refractivity contribution in [2.24, 2.45) is 4.99 Å². The van der Waals surface area contributed by atoms with Crippen molar-refractivity contribution in [3.05, 3.63) is 65.2 Å². The van der Waals surface area contributed by atoms with Gasteiger partial charge in [-0.1, -0.05) is 18.7 Å². The van der Waals surface area contributed by atoms with E-state index in [4.69, 9.17) is 0 Å². The lowest BCUT2D eigenvalue weighted by Crippen LogP contribution is -2.40. The second-order valence-electron chi connectivity index (χ2n) is 4.17. The molecule has 2 aromatic rings. The fourth-order valence-corrected chi connectivity index (χ4v) is 1.89. The minimum atomic E-state index is -0.273. The van der Waals surface area contributed by atoms with Crippen LogP contribution in [0.15, 0.2) is 64.7 Å². The lowest BCUT2D eigenvalue weighted by molar-refractivity contribution is -0.672. The molecule has 0 amide bonds. The Kier molecular flexibility index (Phi) is 4.10. The first-order valence-electron chi connectivity index (χ1n) is 6.20. The molecule has 0 saturated heterocycles. The molecule has 0 fully saturated rings. The molecule has 0 aromatic carbocycles. The molecule has 0 aliphatic carbocycles. The first-order valence-corrected chi connectivity index (χ1v) is 6.20. The van der Waals surface area contributed by atoms with Crippen LogP contribution in [0, 0.1) is 0 Å². The maximum absolute atomic E-state index is 11.8. The summed E-state index contributed by atoms with van der Waals surface area (Å²) in [5.74, 6) is -0.0885. The molecule has 20 heavy (non-hydrogen) atoms. The zero-order valence-electron chi connectivity index (χ0n) is 11.2. The molecular formula is C15H16N3O2+. The normalized spacial score (nSPS) is 12.2. The molecule has 102 valence electrons. The summed E-state index contributed by atoms with van der Waals surface area (Å²) in [6, 6.07) is 6.54. The van der Waals surface area contributed by atoms with E-state index >= 15 is 0 Å². The fraction of sp³-hybridized carbons (Fsp3) is 0.133. The number of allylic oxidation sites excluding steroid dienone is 2. The van der Waals surface area contributed by atoms with Crippen LogP contribution in [-0.2, 0) is 6.54 Å². The van der Waals surface area contributed by atoms with Crippen molar-refractivity contribution < 1.29 is 9.67 Å². The molecule has 0 spiro atoms. The smallest absolute Gasteiger partial charge is 0.346 e. The van der Waals surface area contributed by atoms with Crippen molar-refractivity contribution in [2.75, 3.05) is 0 Å². The topological polar surface area (TPSA) is 58.0 Å². The van der Waals surface area contributed by atoms with E-state index in [1.54, 1.807) is 41.4 Å². The lowest BCUT2D eigenvalue weighted by Gasteiger charge is -2.05. The zero-order chi connectivity index (χ0) is 14.5. The minimum absolute atomic E-state index is 0.0885. The number of rotatable bonds is 4. The van der Waals surface area contributed by atoms with Gasteiger partial charge in [0.05, 0.1) is 6.20 Å². The van der Waals surface area contributed by atoms with Crippen LogP contribution in [0.1, 0.15) is 6.92 Å². The van der Waals surface area contributed by atoms with Crippen molar-refractivity contribution in [1.82, 2.24) is 4.40 Å². The summed E-state index contributed by atoms with van der Waals surface area (Å²) < 4.78 is 3.10. The molecule has 2 heterocycles. The van der Waals surface area contributed by atoms with Crippen molar-refractivity contribution in [1.29, 1.82) is 0 Å². The maximum atomic E-state index is 11.8. The van der Waals surface area contributed by atoms with Gasteiger partial charge in [-0.05, 0) is 13.0 Å². The van der Waals surface area contributed by atoms with Crippen LogP contribution in [0.4, 0.5) is 0 Å². The Bertz CT molecular complexity index is 757. The third-order valence-electron chi connectivity index (χ3n) is 2.87. The molecule has 0 unspecified atom stereocenters. The monoisotopic (exact) mass is 270 g/mol. The third-order valence-corrected chi connectivity index (χ3v) is 2.87. The van der Waals surface area contributed by atoms with Crippen LogP contribution >= 0.6 is 0 Å². The molecule has 0 saturated carbocycles. The SMILES string of the molecule is C=C/C(=C\N=CC)C[n+]1c(O)cc(=O)n2ccccc21. The first-order chi connectivity index (χ1) is 9.67. The summed E-state index contributed by atoms with van der Waals surface area (Å²) >= 11 is 0. The number of aromatic nitrogens is 2. The summed E-state index contributed by atoms with van der Waals surface area (Å²) in [6.45, 7) is 5.93. The van der Waals surface area contributed by atoms with Gasteiger partial charge in [0.15, 0.2) is 0 Å². The van der Waals surface area contributed by atoms with Crippen LogP contribution < -0.4 is 10.1 Å². The number of hydrogen-bond acceptors (Lipinski definition) is 3. The molecule has 0 aliphatic rings. The Morgan fingerprint density at radius 2 is 2.35 bits per heavy atom. The second-order valence-corrected chi connectivity index (χ2v) is 4.17. The van der Waals surface area contributed by atoms with Crippen LogP contribution in [0.5, 0.6) is 5.88 Å². The highest BCUT2D eigenvalue weighted by Crippen LogP contribution is 2.05. The summed E-state index contributed by atoms with van der Waals surface area (Å²) in [6.07, 6.45) is 6.67. The zero-order valence-corrected chi connectivity index (χ0v) is 11.2. The molecule has 2 aromatic heterocycles. The van der Waals surface area contributed by atoms with E-state index in [1.807, 2.05) is 13.0 Å². The largest absolute Gasteiger partial charge is 0.478 e. The summed E-state index contributed by atoms with van der Waals surface area (Å²) in [4.78, 5) is 15.9. The van der Waals surface area contributed by atoms with E-state index in [1.165, 1.54) is 10.5 Å². The number of nitrogens with zero attached hydrogens (tertiary/aromatic N) is 3. The minimum Gasteiger partial charge on any atom is -0.478 e. The van der Waals surface area contributed by atoms with Crippen LogP contribution in [0.25, 0.3) is 5.65 Å². The van der Waals surface area contributed by atoms with Crippen molar-refractivity contribution in [3.8, 4) is 5.88 Å². The molecule has 5 heteroatoms. The first kappa shape index (κ1) is 13.7. The van der Waals surface area contributed by atoms with Crippen LogP contribution in [-0.4, -0.2) is 15.7 Å². The molecule has 0 bridgehead atoms. The average Bonchev–Trinajstić information content (AvgIpc) is 2.46. The summed E-state index contributed by atoms with van der Waals surface area (Å²) in [5.41, 5.74) is 1.16. The van der Waals surface area contributed by atoms with Gasteiger partial charge in [0.2, 0.25) is 0 Å². The highest BCUT2D eigenvalue weighted by Gasteiger charge is 2.16. The molecule has 0 radical (unpaired) electrons. The second kappa shape index (κ2) is 5.97. The van der Waals surface area contributed by atoms with E-state index in [9.17, 15) is 9.90 Å². The van der Waals surface area contributed by atoms with Gasteiger partial charge >= 0.3 is 5.56 Å². The Morgan fingerprint density at radius 1 is 1.55 bits per heavy atom. The third kappa shape index (κ3) is 2.66. The van der Waals surface area contributed by atoms with Crippen molar-refractivity contribution in [2.45, 2.75) is 13.5 Å². The van der Waals surface area contributed by atoms with E-state index in [-0.39, 0.29) is 11.4 Å². The van der Waals surface area contributed by atoms with E-state index in [0.717, 1.165) is 5.57 Å². The van der Waals surface area contributed by atoms with Gasteiger partial charge in [-0.15, -0.1) is 0 Å². The fourth-order valence-electron chi connectivity index (χ4n) is 1.89. The van der Waals surface area contributed by atoms with Crippen molar-refractivity contribution in [3.63, 3.8) is 0 Å². The van der Waals surface area contributed by atoms with Gasteiger partial charge < -0.3 is 5.11 Å². The molecule has 1 N–H and O–H groups in total. The lowest BCUT2D eigenvalue weighted by atomic mass is 10.2. The van der Waals surface area contributed by atoms with Gasteiger partial charge in [-0.25, -0.2) is 4.79 Å². The highest BCUT2D eigenvalue weighted by atomic mass is 16.3. The standard InChI is InChI=1S/C15H15N3O2/c1-3-12(10-16-4-2)11-18-13-7-5-6-8-17(13)14(19)9-15(18)20/h3-10H,1,11H2,2H3/p+1/b12-10+,16-4?. The predicted octanol–water partition coefficient (Wildman–Crippen LogP) is 1.45. The highest BCUT2D eigenvalue weighted by molar-refractivity contribution is 5.54. The van der Waals surface area contributed by atoms with Gasteiger partial charge in [-0.3, -0.25) is 4.99 Å². The van der Waals surface area contributed by atoms with Gasteiger partial charge in [0, 0.05) is 24.1 Å². The Balaban J connectivity index is 2.60. The summed E-state index contributed by atoms with van der Waals surface area (Å²) in [7, 11) is 0. The number of aromatic hydroxyl groups is 1. The molecule has 0 atom stereocenters. The van der Waals surface area contributed by atoms with E-state index in [0.29, 0.717) is 12.2 Å². The number of aliphatic imine (C=N–C) groups is 1. The number of fused-ring (bicyclic) bond motifs is 1. The molecular weight excluding hydrogens is 254 g/mol. The van der Waals surface area contributed by atoms with Crippen LogP contribution in [0.3, 0.4) is 0 Å². The maximum Gasteiger partial charge on any atom is 0.346 e. The predicted molar refractivity (Wildman–Crippen MR) is 78.0 cm³/mol. The van der Waals surface area contributed by atoms with E-state index in [2.05, 4.69) is 11.6 Å². The van der Waals surface area contributed by atoms with Crippen LogP contribution in [0.2, 0.25) is 0 Å². The average molecular weight is 270 g/mol. The molecule has 5 nitrogen and oxygen atoms in total. The van der Waals surface area contributed by atoms with Gasteiger partial charge in [-0.2, -0.15) is 8.97 Å².